The Balaban J connectivity index is 1.97. The number of ether oxygens (including phenoxy) is 6. The number of hydrogen-bond acceptors (Lipinski definition) is 7. The van der Waals surface area contributed by atoms with Gasteiger partial charge in [0, 0.05) is 11.1 Å². The molecule has 7 nitrogen and oxygen atoms in total. The Labute approximate surface area is 152 Å². The van der Waals surface area contributed by atoms with E-state index in [1.165, 1.54) is 28.4 Å². The zero-order chi connectivity index (χ0) is 18.9. The molecule has 0 fully saturated rings. The average molecular weight is 362 g/mol. The molecular weight excluding hydrogens is 340 g/mol. The van der Waals surface area contributed by atoms with E-state index in [4.69, 9.17) is 28.4 Å². The highest BCUT2D eigenvalue weighted by Gasteiger charge is 2.14. The van der Waals surface area contributed by atoms with Gasteiger partial charge in [0.15, 0.2) is 23.0 Å². The Morgan fingerprint density at radius 3 is 1.46 bits per heavy atom. The van der Waals surface area contributed by atoms with Crippen LogP contribution in [0.1, 0.15) is 11.1 Å². The van der Waals surface area contributed by atoms with Gasteiger partial charge in [0.2, 0.25) is 0 Å². The number of carbonyl (C=O) groups is 1. The van der Waals surface area contributed by atoms with Crippen molar-refractivity contribution in [3.63, 3.8) is 0 Å². The lowest BCUT2D eigenvalue weighted by Crippen LogP contribution is -2.09. The van der Waals surface area contributed by atoms with E-state index in [-0.39, 0.29) is 13.2 Å². The molecule has 2 aromatic carbocycles. The number of methoxy groups -OCH3 is 4. The summed E-state index contributed by atoms with van der Waals surface area (Å²) in [4.78, 5) is 11.9. The quantitative estimate of drug-likeness (QED) is 0.665. The van der Waals surface area contributed by atoms with E-state index < -0.39 is 6.16 Å². The predicted molar refractivity (Wildman–Crippen MR) is 94.1 cm³/mol. The number of benzene rings is 2. The molecule has 140 valence electrons. The van der Waals surface area contributed by atoms with Gasteiger partial charge < -0.3 is 28.4 Å². The lowest BCUT2D eigenvalue weighted by molar-refractivity contribution is 0.0436. The van der Waals surface area contributed by atoms with Crippen molar-refractivity contribution in [1.82, 2.24) is 0 Å². The SMILES string of the molecule is COc1cccc(COC(=O)OCc2cccc(OC)c2OC)c1OC. The van der Waals surface area contributed by atoms with Gasteiger partial charge in [0.25, 0.3) is 0 Å². The summed E-state index contributed by atoms with van der Waals surface area (Å²) >= 11 is 0. The Bertz CT molecular complexity index is 681. The third-order valence-corrected chi connectivity index (χ3v) is 3.66. The fraction of sp³-hybridized carbons (Fsp3) is 0.316. The smallest absolute Gasteiger partial charge is 0.493 e. The number of para-hydroxylation sites is 2. The molecule has 0 aromatic heterocycles. The van der Waals surface area contributed by atoms with Gasteiger partial charge in [-0.3, -0.25) is 0 Å². The van der Waals surface area contributed by atoms with E-state index in [1.807, 2.05) is 0 Å². The van der Waals surface area contributed by atoms with Gasteiger partial charge in [-0.15, -0.1) is 0 Å². The predicted octanol–water partition coefficient (Wildman–Crippen LogP) is 3.57. The summed E-state index contributed by atoms with van der Waals surface area (Å²) in [7, 11) is 6.13. The van der Waals surface area contributed by atoms with Crippen molar-refractivity contribution in [3.05, 3.63) is 47.5 Å². The first-order valence-corrected chi connectivity index (χ1v) is 7.83. The fourth-order valence-corrected chi connectivity index (χ4v) is 2.45. The highest BCUT2D eigenvalue weighted by molar-refractivity contribution is 5.60. The topological polar surface area (TPSA) is 72.5 Å². The standard InChI is InChI=1S/C19H22O7/c1-21-15-9-5-7-13(17(15)23-3)11-25-19(20)26-12-14-8-6-10-16(22-2)18(14)24-4/h5-10H,11-12H2,1-4H3. The molecule has 0 aliphatic carbocycles. The Kier molecular flexibility index (Phi) is 6.96. The molecule has 0 aliphatic rings. The van der Waals surface area contributed by atoms with Crippen molar-refractivity contribution >= 4 is 6.16 Å². The van der Waals surface area contributed by atoms with Crippen molar-refractivity contribution in [3.8, 4) is 23.0 Å². The first-order valence-electron chi connectivity index (χ1n) is 7.83. The van der Waals surface area contributed by atoms with Crippen LogP contribution in [0.5, 0.6) is 23.0 Å². The van der Waals surface area contributed by atoms with Crippen LogP contribution >= 0.6 is 0 Å². The number of carbonyl (C=O) groups excluding carboxylic acids is 1. The van der Waals surface area contributed by atoms with Crippen LogP contribution in [0.3, 0.4) is 0 Å². The molecule has 0 unspecified atom stereocenters. The van der Waals surface area contributed by atoms with Crippen molar-refractivity contribution in [1.29, 1.82) is 0 Å². The van der Waals surface area contributed by atoms with E-state index in [9.17, 15) is 4.79 Å². The zero-order valence-corrected chi connectivity index (χ0v) is 15.2. The summed E-state index contributed by atoms with van der Waals surface area (Å²) in [6, 6.07) is 10.6. The maximum absolute atomic E-state index is 11.9. The van der Waals surface area contributed by atoms with Gasteiger partial charge >= 0.3 is 6.16 Å². The molecule has 0 radical (unpaired) electrons. The minimum Gasteiger partial charge on any atom is -0.493 e. The molecule has 0 heterocycles. The van der Waals surface area contributed by atoms with Gasteiger partial charge in [0.1, 0.15) is 13.2 Å². The third-order valence-electron chi connectivity index (χ3n) is 3.66. The summed E-state index contributed by atoms with van der Waals surface area (Å²) in [6.07, 6.45) is -0.806. The van der Waals surface area contributed by atoms with Gasteiger partial charge in [-0.05, 0) is 12.1 Å². The molecule has 26 heavy (non-hydrogen) atoms. The van der Waals surface area contributed by atoms with E-state index in [0.717, 1.165) is 0 Å². The first-order chi connectivity index (χ1) is 12.6. The lowest BCUT2D eigenvalue weighted by atomic mass is 10.2. The molecule has 0 N–H and O–H groups in total. The molecule has 0 aliphatic heterocycles. The van der Waals surface area contributed by atoms with Crippen LogP contribution in [0.15, 0.2) is 36.4 Å². The summed E-state index contributed by atoms with van der Waals surface area (Å²) < 4.78 is 31.3. The van der Waals surface area contributed by atoms with Crippen molar-refractivity contribution < 1.29 is 33.2 Å². The maximum atomic E-state index is 11.9. The van der Waals surface area contributed by atoms with Gasteiger partial charge in [0.05, 0.1) is 28.4 Å². The molecule has 0 saturated carbocycles. The number of hydrogen-bond donors (Lipinski definition) is 0. The highest BCUT2D eigenvalue weighted by atomic mass is 16.7. The zero-order valence-electron chi connectivity index (χ0n) is 15.2. The normalized spacial score (nSPS) is 10.0. The second-order valence-electron chi connectivity index (χ2n) is 5.13. The Morgan fingerprint density at radius 1 is 0.692 bits per heavy atom. The molecular formula is C19H22O7. The van der Waals surface area contributed by atoms with Crippen LogP contribution in [0.2, 0.25) is 0 Å². The van der Waals surface area contributed by atoms with E-state index in [0.29, 0.717) is 34.1 Å². The lowest BCUT2D eigenvalue weighted by Gasteiger charge is -2.14. The molecule has 7 heteroatoms. The minimum atomic E-state index is -0.806. The van der Waals surface area contributed by atoms with Gasteiger partial charge in [-0.2, -0.15) is 0 Å². The molecule has 0 amide bonds. The first kappa shape index (κ1) is 19.2. The molecule has 2 rings (SSSR count). The van der Waals surface area contributed by atoms with Crippen molar-refractivity contribution in [2.75, 3.05) is 28.4 Å². The molecule has 2 aromatic rings. The average Bonchev–Trinajstić information content (AvgIpc) is 2.69. The fourth-order valence-electron chi connectivity index (χ4n) is 2.45. The van der Waals surface area contributed by atoms with E-state index in [2.05, 4.69) is 0 Å². The molecule has 0 saturated heterocycles. The third kappa shape index (κ3) is 4.50. The highest BCUT2D eigenvalue weighted by Crippen LogP contribution is 2.32. The Hall–Kier alpha value is -3.09. The van der Waals surface area contributed by atoms with Crippen molar-refractivity contribution in [2.45, 2.75) is 13.2 Å². The van der Waals surface area contributed by atoms with Crippen LogP contribution in [-0.2, 0) is 22.7 Å². The second-order valence-corrected chi connectivity index (χ2v) is 5.13. The van der Waals surface area contributed by atoms with Crippen LogP contribution < -0.4 is 18.9 Å². The van der Waals surface area contributed by atoms with Crippen molar-refractivity contribution in [2.24, 2.45) is 0 Å². The molecule has 0 bridgehead atoms. The largest absolute Gasteiger partial charge is 0.508 e. The number of rotatable bonds is 8. The summed E-state index contributed by atoms with van der Waals surface area (Å²) in [5, 5.41) is 0. The van der Waals surface area contributed by atoms with Gasteiger partial charge in [-0.25, -0.2) is 4.79 Å². The van der Waals surface area contributed by atoms with E-state index in [1.54, 1.807) is 36.4 Å². The second kappa shape index (κ2) is 9.41. The summed E-state index contributed by atoms with van der Waals surface area (Å²) in [5.41, 5.74) is 1.34. The molecule has 0 spiro atoms. The minimum absolute atomic E-state index is 0.00550. The van der Waals surface area contributed by atoms with Crippen LogP contribution in [0.25, 0.3) is 0 Å². The van der Waals surface area contributed by atoms with Crippen LogP contribution in [0, 0.1) is 0 Å². The maximum Gasteiger partial charge on any atom is 0.508 e. The monoisotopic (exact) mass is 362 g/mol. The van der Waals surface area contributed by atoms with E-state index >= 15 is 0 Å². The van der Waals surface area contributed by atoms with Crippen LogP contribution in [0.4, 0.5) is 4.79 Å². The van der Waals surface area contributed by atoms with Gasteiger partial charge in [-0.1, -0.05) is 24.3 Å². The Morgan fingerprint density at radius 2 is 1.12 bits per heavy atom. The van der Waals surface area contributed by atoms with Crippen LogP contribution in [-0.4, -0.2) is 34.6 Å². The summed E-state index contributed by atoms with van der Waals surface area (Å²) in [5.74, 6) is 2.14. The summed E-state index contributed by atoms with van der Waals surface area (Å²) in [6.45, 7) is -0.0110. The molecule has 0 atom stereocenters.